The van der Waals surface area contributed by atoms with E-state index < -0.39 is 12.1 Å². The van der Waals surface area contributed by atoms with Gasteiger partial charge in [-0.05, 0) is 33.6 Å². The number of carbonyl (C=O) groups is 3. The molecule has 0 radical (unpaired) electrons. The molecule has 0 saturated heterocycles. The maximum Gasteiger partial charge on any atom is 0.333 e. The topological polar surface area (TPSA) is 99.1 Å². The molecule has 0 rings (SSSR count). The van der Waals surface area contributed by atoms with E-state index in [0.717, 1.165) is 25.7 Å². The van der Waals surface area contributed by atoms with Gasteiger partial charge in [0.25, 0.3) is 0 Å². The van der Waals surface area contributed by atoms with E-state index in [0.29, 0.717) is 24.4 Å². The Labute approximate surface area is 175 Å². The summed E-state index contributed by atoms with van der Waals surface area (Å²) in [5.74, 6) is -1.07. The Balaban J connectivity index is -0.000000350. The number of hydrogen-bond acceptors (Lipinski definition) is 7. The SMILES string of the molecule is C=C(C)C(=O)OCC(C)O.C=C(C)C(=O)OCCCC.C=CC(=O)OCCCC. The van der Waals surface area contributed by atoms with Gasteiger partial charge in [0.1, 0.15) is 6.61 Å². The fourth-order valence-electron chi connectivity index (χ4n) is 1.13. The zero-order chi connectivity index (χ0) is 23.2. The van der Waals surface area contributed by atoms with Crippen LogP contribution in [-0.2, 0) is 28.6 Å². The minimum Gasteiger partial charge on any atom is -0.463 e. The Morgan fingerprint density at radius 1 is 0.897 bits per heavy atom. The summed E-state index contributed by atoms with van der Waals surface area (Å²) in [6, 6.07) is 0. The number of carbonyl (C=O) groups excluding carboxylic acids is 3. The van der Waals surface area contributed by atoms with E-state index >= 15 is 0 Å². The fourth-order valence-corrected chi connectivity index (χ4v) is 1.13. The lowest BCUT2D eigenvalue weighted by molar-refractivity contribution is -0.141. The lowest BCUT2D eigenvalue weighted by Gasteiger charge is -2.04. The summed E-state index contributed by atoms with van der Waals surface area (Å²) in [6.45, 7) is 20.0. The average Bonchev–Trinajstić information content (AvgIpc) is 2.66. The first-order valence-corrected chi connectivity index (χ1v) is 9.65. The van der Waals surface area contributed by atoms with Crippen LogP contribution in [0.3, 0.4) is 0 Å². The molecule has 0 bridgehead atoms. The normalized spacial score (nSPS) is 10.0. The molecule has 1 unspecified atom stereocenters. The fraction of sp³-hybridized carbons (Fsp3) is 0.591. The zero-order valence-electron chi connectivity index (χ0n) is 18.6. The van der Waals surface area contributed by atoms with Crippen molar-refractivity contribution in [1.29, 1.82) is 0 Å². The second-order valence-corrected chi connectivity index (χ2v) is 6.22. The van der Waals surface area contributed by atoms with Crippen molar-refractivity contribution < 1.29 is 33.7 Å². The van der Waals surface area contributed by atoms with Crippen LogP contribution in [0.25, 0.3) is 0 Å². The van der Waals surface area contributed by atoms with Crippen LogP contribution in [0.2, 0.25) is 0 Å². The van der Waals surface area contributed by atoms with Crippen LogP contribution in [-0.4, -0.2) is 48.9 Å². The molecule has 1 atom stereocenters. The Morgan fingerprint density at radius 3 is 1.66 bits per heavy atom. The van der Waals surface area contributed by atoms with Gasteiger partial charge >= 0.3 is 17.9 Å². The largest absolute Gasteiger partial charge is 0.463 e. The van der Waals surface area contributed by atoms with Crippen molar-refractivity contribution in [3.05, 3.63) is 37.0 Å². The van der Waals surface area contributed by atoms with Crippen molar-refractivity contribution in [2.24, 2.45) is 0 Å². The van der Waals surface area contributed by atoms with Gasteiger partial charge in [0.15, 0.2) is 0 Å². The van der Waals surface area contributed by atoms with Crippen molar-refractivity contribution in [2.45, 2.75) is 66.4 Å². The molecule has 0 aromatic rings. The molecule has 7 nitrogen and oxygen atoms in total. The number of unbranched alkanes of at least 4 members (excludes halogenated alkanes) is 2. The van der Waals surface area contributed by atoms with Crippen LogP contribution in [0, 0.1) is 0 Å². The molecule has 0 heterocycles. The summed E-state index contributed by atoms with van der Waals surface area (Å²) >= 11 is 0. The van der Waals surface area contributed by atoms with E-state index in [4.69, 9.17) is 9.84 Å². The molecule has 1 N–H and O–H groups in total. The molecule has 168 valence electrons. The Morgan fingerprint density at radius 2 is 1.31 bits per heavy atom. The van der Waals surface area contributed by atoms with Crippen LogP contribution in [0.5, 0.6) is 0 Å². The number of hydrogen-bond donors (Lipinski definition) is 1. The highest BCUT2D eigenvalue weighted by Gasteiger charge is 2.04. The summed E-state index contributed by atoms with van der Waals surface area (Å²) in [6.07, 6.45) is 4.52. The van der Waals surface area contributed by atoms with Crippen LogP contribution in [0.15, 0.2) is 37.0 Å². The van der Waals surface area contributed by atoms with E-state index in [2.05, 4.69) is 36.1 Å². The Bertz CT molecular complexity index is 507. The molecule has 0 spiro atoms. The van der Waals surface area contributed by atoms with Gasteiger partial charge in [0.05, 0.1) is 19.3 Å². The highest BCUT2D eigenvalue weighted by atomic mass is 16.5. The van der Waals surface area contributed by atoms with Crippen molar-refractivity contribution in [3.8, 4) is 0 Å². The quantitative estimate of drug-likeness (QED) is 0.237. The molecule has 0 saturated carbocycles. The lowest BCUT2D eigenvalue weighted by Crippen LogP contribution is -2.15. The standard InChI is InChI=1S/C8H14O2.C7H12O3.C7H12O2/c1-4-5-6-10-8(9)7(2)3;1-5(2)7(9)10-4-6(3)8;1-3-5-6-9-7(8)4-2/h2,4-6H2,1,3H3;6,8H,1,4H2,2-3H3;4H,2-3,5-6H2,1H3. The second-order valence-electron chi connectivity index (χ2n) is 6.22. The van der Waals surface area contributed by atoms with Crippen LogP contribution < -0.4 is 0 Å². The van der Waals surface area contributed by atoms with Crippen LogP contribution in [0.1, 0.15) is 60.3 Å². The maximum absolute atomic E-state index is 10.7. The zero-order valence-corrected chi connectivity index (χ0v) is 18.6. The molecular formula is C22H38O7. The van der Waals surface area contributed by atoms with Gasteiger partial charge in [-0.25, -0.2) is 14.4 Å². The monoisotopic (exact) mass is 414 g/mol. The summed E-state index contributed by atoms with van der Waals surface area (Å²) in [5.41, 5.74) is 0.816. The molecule has 0 aromatic heterocycles. The molecule has 0 aliphatic heterocycles. The third kappa shape index (κ3) is 27.9. The van der Waals surface area contributed by atoms with E-state index in [1.54, 1.807) is 20.8 Å². The first-order valence-electron chi connectivity index (χ1n) is 9.65. The van der Waals surface area contributed by atoms with Crippen LogP contribution in [0.4, 0.5) is 0 Å². The van der Waals surface area contributed by atoms with Gasteiger partial charge in [-0.3, -0.25) is 0 Å². The Hall–Kier alpha value is -2.41. The number of aliphatic hydroxyl groups is 1. The lowest BCUT2D eigenvalue weighted by atomic mass is 10.3. The van der Waals surface area contributed by atoms with Crippen molar-refractivity contribution in [3.63, 3.8) is 0 Å². The predicted octanol–water partition coefficient (Wildman–Crippen LogP) is 3.91. The number of esters is 3. The van der Waals surface area contributed by atoms with Gasteiger partial charge < -0.3 is 19.3 Å². The summed E-state index contributed by atoms with van der Waals surface area (Å²) in [7, 11) is 0. The summed E-state index contributed by atoms with van der Waals surface area (Å²) < 4.78 is 14.1. The van der Waals surface area contributed by atoms with Crippen molar-refractivity contribution in [1.82, 2.24) is 0 Å². The smallest absolute Gasteiger partial charge is 0.333 e. The minimum atomic E-state index is -0.608. The van der Waals surface area contributed by atoms with E-state index in [9.17, 15) is 14.4 Å². The molecular weight excluding hydrogens is 376 g/mol. The highest BCUT2D eigenvalue weighted by Crippen LogP contribution is 1.94. The average molecular weight is 415 g/mol. The van der Waals surface area contributed by atoms with Crippen molar-refractivity contribution in [2.75, 3.05) is 19.8 Å². The van der Waals surface area contributed by atoms with E-state index in [1.165, 1.54) is 6.08 Å². The summed E-state index contributed by atoms with van der Waals surface area (Å²) in [5, 5.41) is 8.68. The summed E-state index contributed by atoms with van der Waals surface area (Å²) in [4.78, 5) is 31.7. The van der Waals surface area contributed by atoms with Gasteiger partial charge in [-0.2, -0.15) is 0 Å². The number of ether oxygens (including phenoxy) is 3. The van der Waals surface area contributed by atoms with Gasteiger partial charge in [0, 0.05) is 17.2 Å². The molecule has 0 aliphatic carbocycles. The molecule has 7 heteroatoms. The van der Waals surface area contributed by atoms with Gasteiger partial charge in [0.2, 0.25) is 0 Å². The molecule has 0 aliphatic rings. The first kappa shape index (κ1) is 31.3. The number of rotatable bonds is 11. The second kappa shape index (κ2) is 21.9. The molecule has 0 aromatic carbocycles. The number of aliphatic hydroxyl groups excluding tert-OH is 1. The van der Waals surface area contributed by atoms with Gasteiger partial charge in [-0.1, -0.05) is 46.4 Å². The molecule has 0 fully saturated rings. The third-order valence-electron chi connectivity index (χ3n) is 2.79. The van der Waals surface area contributed by atoms with Gasteiger partial charge in [-0.15, -0.1) is 0 Å². The van der Waals surface area contributed by atoms with E-state index in [1.807, 2.05) is 6.92 Å². The third-order valence-corrected chi connectivity index (χ3v) is 2.79. The molecule has 29 heavy (non-hydrogen) atoms. The minimum absolute atomic E-state index is 0.0334. The Kier molecular flexibility index (Phi) is 23.6. The molecule has 0 amide bonds. The van der Waals surface area contributed by atoms with Crippen LogP contribution >= 0.6 is 0 Å². The highest BCUT2D eigenvalue weighted by molar-refractivity contribution is 5.87. The maximum atomic E-state index is 10.7. The van der Waals surface area contributed by atoms with Crippen molar-refractivity contribution >= 4 is 17.9 Å². The first-order chi connectivity index (χ1) is 13.5. The van der Waals surface area contributed by atoms with E-state index in [-0.39, 0.29) is 18.5 Å². The predicted molar refractivity (Wildman–Crippen MR) is 114 cm³/mol.